The van der Waals surface area contributed by atoms with Crippen molar-refractivity contribution in [2.24, 2.45) is 0 Å². The van der Waals surface area contributed by atoms with Gasteiger partial charge in [-0.25, -0.2) is 0 Å². The summed E-state index contributed by atoms with van der Waals surface area (Å²) in [6.07, 6.45) is 6.41. The van der Waals surface area contributed by atoms with Gasteiger partial charge in [0.1, 0.15) is 0 Å². The van der Waals surface area contributed by atoms with Crippen LogP contribution in [0, 0.1) is 11.3 Å². The summed E-state index contributed by atoms with van der Waals surface area (Å²) in [7, 11) is 0. The molecule has 2 heterocycles. The SMILES string of the molecule is N#CCN1CCC(OC[C@H]2CCCCO2)CC1. The minimum Gasteiger partial charge on any atom is -0.376 e. The minimum atomic E-state index is 0.320. The molecule has 96 valence electrons. The molecule has 0 amide bonds. The van der Waals surface area contributed by atoms with Crippen LogP contribution in [-0.2, 0) is 9.47 Å². The van der Waals surface area contributed by atoms with Crippen LogP contribution in [0.4, 0.5) is 0 Å². The van der Waals surface area contributed by atoms with Gasteiger partial charge in [-0.3, -0.25) is 4.90 Å². The molecule has 0 N–H and O–H groups in total. The second kappa shape index (κ2) is 6.95. The Labute approximate surface area is 103 Å². The lowest BCUT2D eigenvalue weighted by molar-refractivity contribution is -0.0743. The first kappa shape index (κ1) is 12.8. The number of nitrogens with zero attached hydrogens (tertiary/aromatic N) is 2. The van der Waals surface area contributed by atoms with E-state index in [2.05, 4.69) is 11.0 Å². The number of hydrogen-bond acceptors (Lipinski definition) is 4. The predicted octanol–water partition coefficient (Wildman–Crippen LogP) is 1.56. The average molecular weight is 238 g/mol. The van der Waals surface area contributed by atoms with E-state index >= 15 is 0 Å². The van der Waals surface area contributed by atoms with Crippen molar-refractivity contribution < 1.29 is 9.47 Å². The predicted molar refractivity (Wildman–Crippen MR) is 64.6 cm³/mol. The van der Waals surface area contributed by atoms with E-state index in [4.69, 9.17) is 14.7 Å². The zero-order chi connectivity index (χ0) is 11.9. The third-order valence-corrected chi connectivity index (χ3v) is 3.62. The van der Waals surface area contributed by atoms with Gasteiger partial charge in [0.25, 0.3) is 0 Å². The lowest BCUT2D eigenvalue weighted by Crippen LogP contribution is -2.38. The smallest absolute Gasteiger partial charge is 0.0866 e. The average Bonchev–Trinajstić information content (AvgIpc) is 2.40. The third-order valence-electron chi connectivity index (χ3n) is 3.62. The van der Waals surface area contributed by atoms with Gasteiger partial charge in [0.05, 0.1) is 31.4 Å². The maximum absolute atomic E-state index is 8.62. The molecular weight excluding hydrogens is 216 g/mol. The van der Waals surface area contributed by atoms with Gasteiger partial charge in [0.15, 0.2) is 0 Å². The number of rotatable bonds is 4. The number of hydrogen-bond donors (Lipinski definition) is 0. The van der Waals surface area contributed by atoms with Crippen LogP contribution in [0.3, 0.4) is 0 Å². The first-order chi connectivity index (χ1) is 8.38. The summed E-state index contributed by atoms with van der Waals surface area (Å²) >= 11 is 0. The molecule has 1 atom stereocenters. The van der Waals surface area contributed by atoms with E-state index < -0.39 is 0 Å². The quantitative estimate of drug-likeness (QED) is 0.697. The molecule has 0 bridgehead atoms. The summed E-state index contributed by atoms with van der Waals surface area (Å²) in [4.78, 5) is 2.19. The Bertz CT molecular complexity index is 251. The molecule has 0 radical (unpaired) electrons. The highest BCUT2D eigenvalue weighted by atomic mass is 16.5. The van der Waals surface area contributed by atoms with Crippen LogP contribution in [0.5, 0.6) is 0 Å². The molecule has 0 aromatic rings. The van der Waals surface area contributed by atoms with Gasteiger partial charge >= 0.3 is 0 Å². The standard InChI is InChI=1S/C13H22N2O2/c14-6-9-15-7-4-12(5-8-15)17-11-13-3-1-2-10-16-13/h12-13H,1-5,7-11H2/t13-/m1/s1. The molecule has 0 unspecified atom stereocenters. The van der Waals surface area contributed by atoms with Crippen LogP contribution in [0.1, 0.15) is 32.1 Å². The molecule has 17 heavy (non-hydrogen) atoms. The molecule has 0 spiro atoms. The van der Waals surface area contributed by atoms with E-state index in [9.17, 15) is 0 Å². The molecule has 2 aliphatic heterocycles. The van der Waals surface area contributed by atoms with E-state index in [1.54, 1.807) is 0 Å². The monoisotopic (exact) mass is 238 g/mol. The Balaban J connectivity index is 1.59. The summed E-state index contributed by atoms with van der Waals surface area (Å²) in [5.74, 6) is 0. The molecule has 0 aliphatic carbocycles. The fraction of sp³-hybridized carbons (Fsp3) is 0.923. The maximum Gasteiger partial charge on any atom is 0.0866 e. The lowest BCUT2D eigenvalue weighted by Gasteiger charge is -2.31. The van der Waals surface area contributed by atoms with Crippen LogP contribution in [0.15, 0.2) is 0 Å². The maximum atomic E-state index is 8.62. The normalized spacial score (nSPS) is 27.8. The highest BCUT2D eigenvalue weighted by Crippen LogP contribution is 2.17. The van der Waals surface area contributed by atoms with E-state index in [1.165, 1.54) is 12.8 Å². The van der Waals surface area contributed by atoms with E-state index in [0.717, 1.165) is 45.6 Å². The minimum absolute atomic E-state index is 0.320. The molecule has 0 aromatic carbocycles. The molecular formula is C13H22N2O2. The molecule has 0 aromatic heterocycles. The van der Waals surface area contributed by atoms with Gasteiger partial charge < -0.3 is 9.47 Å². The second-order valence-corrected chi connectivity index (χ2v) is 4.96. The van der Waals surface area contributed by atoms with Crippen LogP contribution in [-0.4, -0.2) is 50.0 Å². The Morgan fingerprint density at radius 3 is 2.71 bits per heavy atom. The van der Waals surface area contributed by atoms with Crippen molar-refractivity contribution in [1.29, 1.82) is 5.26 Å². The first-order valence-corrected chi connectivity index (χ1v) is 6.71. The summed E-state index contributed by atoms with van der Waals surface area (Å²) < 4.78 is 11.6. The van der Waals surface area contributed by atoms with Crippen molar-refractivity contribution in [3.63, 3.8) is 0 Å². The molecule has 2 saturated heterocycles. The first-order valence-electron chi connectivity index (χ1n) is 6.71. The zero-order valence-electron chi connectivity index (χ0n) is 10.4. The Hall–Kier alpha value is -0.630. The Kier molecular flexibility index (Phi) is 5.24. The van der Waals surface area contributed by atoms with Gasteiger partial charge in [-0.2, -0.15) is 5.26 Å². The summed E-state index contributed by atoms with van der Waals surface area (Å²) in [5.41, 5.74) is 0. The van der Waals surface area contributed by atoms with Gasteiger partial charge in [0.2, 0.25) is 0 Å². The highest BCUT2D eigenvalue weighted by Gasteiger charge is 2.21. The summed E-state index contributed by atoms with van der Waals surface area (Å²) in [6, 6.07) is 2.20. The number of nitriles is 1. The second-order valence-electron chi connectivity index (χ2n) is 4.96. The van der Waals surface area contributed by atoms with Gasteiger partial charge in [0, 0.05) is 19.7 Å². The van der Waals surface area contributed by atoms with Crippen molar-refractivity contribution in [3.8, 4) is 6.07 Å². The highest BCUT2D eigenvalue weighted by molar-refractivity contribution is 4.81. The number of piperidine rings is 1. The van der Waals surface area contributed by atoms with E-state index in [-0.39, 0.29) is 0 Å². The van der Waals surface area contributed by atoms with Gasteiger partial charge in [-0.05, 0) is 32.1 Å². The van der Waals surface area contributed by atoms with Crippen molar-refractivity contribution in [3.05, 3.63) is 0 Å². The topological polar surface area (TPSA) is 45.5 Å². The van der Waals surface area contributed by atoms with Crippen LogP contribution in [0.25, 0.3) is 0 Å². The largest absolute Gasteiger partial charge is 0.376 e. The number of ether oxygens (including phenoxy) is 2. The van der Waals surface area contributed by atoms with E-state index in [0.29, 0.717) is 18.8 Å². The van der Waals surface area contributed by atoms with Crippen LogP contribution in [0.2, 0.25) is 0 Å². The Morgan fingerprint density at radius 2 is 2.06 bits per heavy atom. The summed E-state index contributed by atoms with van der Waals surface area (Å²) in [5, 5.41) is 8.62. The van der Waals surface area contributed by atoms with Gasteiger partial charge in [-0.15, -0.1) is 0 Å². The summed E-state index contributed by atoms with van der Waals surface area (Å²) in [6.45, 7) is 4.18. The fourth-order valence-electron chi connectivity index (χ4n) is 2.52. The van der Waals surface area contributed by atoms with Crippen LogP contribution < -0.4 is 0 Å². The van der Waals surface area contributed by atoms with Crippen molar-refractivity contribution in [2.75, 3.05) is 32.8 Å². The van der Waals surface area contributed by atoms with E-state index in [1.807, 2.05) is 0 Å². The fourth-order valence-corrected chi connectivity index (χ4v) is 2.52. The number of likely N-dealkylation sites (tertiary alicyclic amines) is 1. The zero-order valence-corrected chi connectivity index (χ0v) is 10.4. The molecule has 2 aliphatic rings. The van der Waals surface area contributed by atoms with Crippen molar-refractivity contribution in [2.45, 2.75) is 44.3 Å². The molecule has 4 nitrogen and oxygen atoms in total. The third kappa shape index (κ3) is 4.27. The molecule has 2 fully saturated rings. The molecule has 4 heteroatoms. The van der Waals surface area contributed by atoms with Crippen LogP contribution >= 0.6 is 0 Å². The molecule has 2 rings (SSSR count). The Morgan fingerprint density at radius 1 is 1.24 bits per heavy atom. The molecule has 0 saturated carbocycles. The van der Waals surface area contributed by atoms with Crippen molar-refractivity contribution in [1.82, 2.24) is 4.90 Å². The lowest BCUT2D eigenvalue weighted by atomic mass is 10.1. The van der Waals surface area contributed by atoms with Crippen molar-refractivity contribution >= 4 is 0 Å². The van der Waals surface area contributed by atoms with Gasteiger partial charge in [-0.1, -0.05) is 0 Å².